The number of hydrogen-bond acceptors (Lipinski definition) is 4. The summed E-state index contributed by atoms with van der Waals surface area (Å²) < 4.78 is 24.6. The zero-order valence-electron chi connectivity index (χ0n) is 11.6. The third kappa shape index (κ3) is 3.78. The van der Waals surface area contributed by atoms with Crippen LogP contribution < -0.4 is 0 Å². The number of nitrogens with zero attached hydrogens (tertiary/aromatic N) is 2. The first kappa shape index (κ1) is 14.5. The minimum Gasteiger partial charge on any atom is -0.304 e. The maximum absolute atomic E-state index is 12.3. The molecule has 0 amide bonds. The van der Waals surface area contributed by atoms with E-state index in [2.05, 4.69) is 16.8 Å². The molecule has 0 aliphatic carbocycles. The fourth-order valence-corrected chi connectivity index (χ4v) is 4.02. The lowest BCUT2D eigenvalue weighted by molar-refractivity contribution is 0.127. The number of benzene rings is 1. The lowest BCUT2D eigenvalue weighted by Crippen LogP contribution is -2.49. The standard InChI is InChI=1S/C14H22N2O2S/c1-13(16-10-8-15(2)9-11-16)12-19(17,18)14-6-4-3-5-7-14/h3-7,13H,8-12H2,1-2H3. The summed E-state index contributed by atoms with van der Waals surface area (Å²) in [4.78, 5) is 4.96. The summed E-state index contributed by atoms with van der Waals surface area (Å²) in [6.07, 6.45) is 0. The number of sulfone groups is 1. The van der Waals surface area contributed by atoms with E-state index in [9.17, 15) is 8.42 Å². The van der Waals surface area contributed by atoms with Crippen LogP contribution in [0.25, 0.3) is 0 Å². The maximum Gasteiger partial charge on any atom is 0.179 e. The summed E-state index contributed by atoms with van der Waals surface area (Å²) in [6, 6.07) is 8.79. The molecular formula is C14H22N2O2S. The Hall–Kier alpha value is -0.910. The van der Waals surface area contributed by atoms with Crippen LogP contribution in [-0.4, -0.2) is 63.2 Å². The molecule has 2 rings (SSSR count). The van der Waals surface area contributed by atoms with Gasteiger partial charge in [0.1, 0.15) is 0 Å². The largest absolute Gasteiger partial charge is 0.304 e. The first-order chi connectivity index (χ1) is 8.99. The van der Waals surface area contributed by atoms with Crippen molar-refractivity contribution in [3.8, 4) is 0 Å². The second kappa shape index (κ2) is 6.03. The molecule has 1 aliphatic rings. The predicted molar refractivity (Wildman–Crippen MR) is 77.0 cm³/mol. The molecule has 1 saturated heterocycles. The Morgan fingerprint density at radius 2 is 1.68 bits per heavy atom. The molecule has 1 aromatic carbocycles. The monoisotopic (exact) mass is 282 g/mol. The highest BCUT2D eigenvalue weighted by atomic mass is 32.2. The Labute approximate surface area is 115 Å². The molecule has 4 nitrogen and oxygen atoms in total. The maximum atomic E-state index is 12.3. The van der Waals surface area contributed by atoms with Crippen molar-refractivity contribution < 1.29 is 8.42 Å². The molecule has 1 atom stereocenters. The molecule has 106 valence electrons. The molecule has 0 spiro atoms. The molecule has 1 aromatic rings. The molecule has 5 heteroatoms. The number of likely N-dealkylation sites (N-methyl/N-ethyl adjacent to an activating group) is 1. The van der Waals surface area contributed by atoms with Gasteiger partial charge >= 0.3 is 0 Å². The first-order valence-corrected chi connectivity index (χ1v) is 8.35. The number of rotatable bonds is 4. The van der Waals surface area contributed by atoms with E-state index in [1.54, 1.807) is 24.3 Å². The summed E-state index contributed by atoms with van der Waals surface area (Å²) >= 11 is 0. The summed E-state index contributed by atoms with van der Waals surface area (Å²) in [5.41, 5.74) is 0. The van der Waals surface area contributed by atoms with Gasteiger partial charge < -0.3 is 4.90 Å². The van der Waals surface area contributed by atoms with Gasteiger partial charge in [0.05, 0.1) is 10.6 Å². The van der Waals surface area contributed by atoms with Crippen molar-refractivity contribution in [1.82, 2.24) is 9.80 Å². The van der Waals surface area contributed by atoms with Crippen LogP contribution in [0.4, 0.5) is 0 Å². The second-order valence-electron chi connectivity index (χ2n) is 5.28. The fourth-order valence-electron chi connectivity index (χ4n) is 2.41. The van der Waals surface area contributed by atoms with Crippen LogP contribution in [-0.2, 0) is 9.84 Å². The number of piperazine rings is 1. The Morgan fingerprint density at radius 3 is 2.26 bits per heavy atom. The molecule has 1 unspecified atom stereocenters. The SMILES string of the molecule is CC(CS(=O)(=O)c1ccccc1)N1CCN(C)CC1. The highest BCUT2D eigenvalue weighted by molar-refractivity contribution is 7.91. The third-order valence-electron chi connectivity index (χ3n) is 3.72. The van der Waals surface area contributed by atoms with Crippen molar-refractivity contribution in [2.24, 2.45) is 0 Å². The predicted octanol–water partition coefficient (Wildman–Crippen LogP) is 1.10. The minimum atomic E-state index is -3.18. The Morgan fingerprint density at radius 1 is 1.11 bits per heavy atom. The van der Waals surface area contributed by atoms with Crippen molar-refractivity contribution in [3.05, 3.63) is 30.3 Å². The zero-order chi connectivity index (χ0) is 13.9. The van der Waals surface area contributed by atoms with Gasteiger partial charge in [0, 0.05) is 32.2 Å². The van der Waals surface area contributed by atoms with Crippen LogP contribution in [0.1, 0.15) is 6.92 Å². The molecule has 19 heavy (non-hydrogen) atoms. The van der Waals surface area contributed by atoms with Gasteiger partial charge in [-0.15, -0.1) is 0 Å². The topological polar surface area (TPSA) is 40.6 Å². The molecule has 0 saturated carbocycles. The Kier molecular flexibility index (Phi) is 4.60. The first-order valence-electron chi connectivity index (χ1n) is 6.69. The van der Waals surface area contributed by atoms with E-state index in [1.807, 2.05) is 13.0 Å². The van der Waals surface area contributed by atoms with Crippen LogP contribution in [0.3, 0.4) is 0 Å². The lowest BCUT2D eigenvalue weighted by Gasteiger charge is -2.36. The summed E-state index contributed by atoms with van der Waals surface area (Å²) in [5, 5.41) is 0. The summed E-state index contributed by atoms with van der Waals surface area (Å²) in [6.45, 7) is 5.92. The van der Waals surface area contributed by atoms with E-state index in [0.29, 0.717) is 4.90 Å². The molecule has 1 fully saturated rings. The highest BCUT2D eigenvalue weighted by Crippen LogP contribution is 2.14. The van der Waals surface area contributed by atoms with Crippen LogP contribution in [0.5, 0.6) is 0 Å². The normalized spacial score (nSPS) is 20.3. The van der Waals surface area contributed by atoms with E-state index in [-0.39, 0.29) is 11.8 Å². The van der Waals surface area contributed by atoms with Crippen LogP contribution >= 0.6 is 0 Å². The Balaban J connectivity index is 2.00. The lowest BCUT2D eigenvalue weighted by atomic mass is 10.2. The summed E-state index contributed by atoms with van der Waals surface area (Å²) in [7, 11) is -1.08. The van der Waals surface area contributed by atoms with Gasteiger partial charge in [-0.1, -0.05) is 18.2 Å². The Bertz CT molecular complexity index is 493. The van der Waals surface area contributed by atoms with E-state index < -0.39 is 9.84 Å². The zero-order valence-corrected chi connectivity index (χ0v) is 12.4. The van der Waals surface area contributed by atoms with Gasteiger partial charge in [-0.05, 0) is 26.1 Å². The van der Waals surface area contributed by atoms with E-state index in [1.165, 1.54) is 0 Å². The van der Waals surface area contributed by atoms with Gasteiger partial charge in [-0.2, -0.15) is 0 Å². The van der Waals surface area contributed by atoms with Gasteiger partial charge in [-0.25, -0.2) is 8.42 Å². The smallest absolute Gasteiger partial charge is 0.179 e. The van der Waals surface area contributed by atoms with Crippen molar-refractivity contribution in [2.45, 2.75) is 17.9 Å². The van der Waals surface area contributed by atoms with Crippen molar-refractivity contribution >= 4 is 9.84 Å². The molecule has 0 bridgehead atoms. The molecule has 1 aliphatic heterocycles. The third-order valence-corrected chi connectivity index (χ3v) is 5.64. The van der Waals surface area contributed by atoms with E-state index >= 15 is 0 Å². The quantitative estimate of drug-likeness (QED) is 0.829. The van der Waals surface area contributed by atoms with Crippen LogP contribution in [0.15, 0.2) is 35.2 Å². The molecule has 0 radical (unpaired) electrons. The molecular weight excluding hydrogens is 260 g/mol. The van der Waals surface area contributed by atoms with Crippen molar-refractivity contribution in [2.75, 3.05) is 39.0 Å². The van der Waals surface area contributed by atoms with E-state index in [0.717, 1.165) is 26.2 Å². The van der Waals surface area contributed by atoms with Crippen LogP contribution in [0, 0.1) is 0 Å². The van der Waals surface area contributed by atoms with Crippen LogP contribution in [0.2, 0.25) is 0 Å². The molecule has 0 aromatic heterocycles. The van der Waals surface area contributed by atoms with Gasteiger partial charge in [0.2, 0.25) is 0 Å². The summed E-state index contributed by atoms with van der Waals surface area (Å²) in [5.74, 6) is 0.195. The van der Waals surface area contributed by atoms with Crippen molar-refractivity contribution in [1.29, 1.82) is 0 Å². The van der Waals surface area contributed by atoms with Gasteiger partial charge in [0.15, 0.2) is 9.84 Å². The van der Waals surface area contributed by atoms with Crippen molar-refractivity contribution in [3.63, 3.8) is 0 Å². The number of hydrogen-bond donors (Lipinski definition) is 0. The van der Waals surface area contributed by atoms with E-state index in [4.69, 9.17) is 0 Å². The van der Waals surface area contributed by atoms with Gasteiger partial charge in [-0.3, -0.25) is 4.90 Å². The average Bonchev–Trinajstić information content (AvgIpc) is 2.40. The fraction of sp³-hybridized carbons (Fsp3) is 0.571. The highest BCUT2D eigenvalue weighted by Gasteiger charge is 2.24. The molecule has 1 heterocycles. The molecule has 0 N–H and O–H groups in total. The average molecular weight is 282 g/mol. The second-order valence-corrected chi connectivity index (χ2v) is 7.32. The van der Waals surface area contributed by atoms with Gasteiger partial charge in [0.25, 0.3) is 0 Å². The minimum absolute atomic E-state index is 0.0684.